The molecule has 6 heteroatoms. The summed E-state index contributed by atoms with van der Waals surface area (Å²) in [4.78, 5) is 37.7. The van der Waals surface area contributed by atoms with Crippen LogP contribution in [0.1, 0.15) is 194 Å². The topological polar surface area (TPSA) is 78.9 Å². The van der Waals surface area contributed by atoms with E-state index in [2.05, 4.69) is 106 Å². The zero-order chi connectivity index (χ0) is 40.8. The largest absolute Gasteiger partial charge is 0.462 e. The molecule has 0 fully saturated rings. The molecule has 0 aliphatic heterocycles. The number of carbonyl (C=O) groups excluding carboxylic acids is 3. The molecule has 0 amide bonds. The van der Waals surface area contributed by atoms with E-state index in [1.807, 2.05) is 0 Å². The number of allylic oxidation sites excluding steroid dienone is 14. The van der Waals surface area contributed by atoms with Gasteiger partial charge in [-0.2, -0.15) is 0 Å². The van der Waals surface area contributed by atoms with E-state index in [1.165, 1.54) is 38.5 Å². The highest BCUT2D eigenvalue weighted by atomic mass is 16.6. The first-order chi connectivity index (χ1) is 27.5. The second-order valence-electron chi connectivity index (χ2n) is 14.5. The summed E-state index contributed by atoms with van der Waals surface area (Å²) in [5.74, 6) is -0.993. The third kappa shape index (κ3) is 41.7. The molecule has 0 aromatic carbocycles. The highest BCUT2D eigenvalue weighted by molar-refractivity contribution is 5.71. The van der Waals surface area contributed by atoms with E-state index in [9.17, 15) is 14.4 Å². The summed E-state index contributed by atoms with van der Waals surface area (Å²) >= 11 is 0. The van der Waals surface area contributed by atoms with Gasteiger partial charge in [0.1, 0.15) is 13.2 Å². The lowest BCUT2D eigenvalue weighted by molar-refractivity contribution is -0.167. The van der Waals surface area contributed by atoms with Crippen LogP contribution in [0.15, 0.2) is 85.1 Å². The molecule has 0 N–H and O–H groups in total. The van der Waals surface area contributed by atoms with Crippen LogP contribution in [0.2, 0.25) is 0 Å². The average molecular weight is 779 g/mol. The van der Waals surface area contributed by atoms with E-state index in [0.29, 0.717) is 19.3 Å². The van der Waals surface area contributed by atoms with Gasteiger partial charge in [0, 0.05) is 19.3 Å². The Morgan fingerprint density at radius 3 is 1.16 bits per heavy atom. The standard InChI is InChI=1S/C50H82O6/c1-4-7-10-13-16-19-22-23-24-25-26-29-31-34-37-40-43-49(52)55-46-47(56-50(53)44-41-38-35-32-28-21-18-15-12-9-6-3)45-54-48(51)42-39-36-33-30-27-20-17-14-11-8-5-2/h7,9-10,12,14,16-19,21,23-24,32,35,47H,4-6,8,11,13,15,20,22,25-31,33-34,36-46H2,1-3H3/b10-7-,12-9-,17-14-,19-16-,21-18-,24-23-,35-32-. The molecule has 1 unspecified atom stereocenters. The van der Waals surface area contributed by atoms with Crippen molar-refractivity contribution in [3.8, 4) is 0 Å². The van der Waals surface area contributed by atoms with E-state index in [-0.39, 0.29) is 37.5 Å². The highest BCUT2D eigenvalue weighted by Crippen LogP contribution is 2.12. The Kier molecular flexibility index (Phi) is 41.6. The number of carbonyl (C=O) groups is 3. The van der Waals surface area contributed by atoms with Crippen molar-refractivity contribution in [2.45, 2.75) is 200 Å². The van der Waals surface area contributed by atoms with Gasteiger partial charge in [0.2, 0.25) is 0 Å². The van der Waals surface area contributed by atoms with Gasteiger partial charge in [-0.3, -0.25) is 14.4 Å². The Labute approximate surface area is 344 Å². The Balaban J connectivity index is 4.45. The zero-order valence-corrected chi connectivity index (χ0v) is 36.1. The number of ether oxygens (including phenoxy) is 3. The van der Waals surface area contributed by atoms with Crippen molar-refractivity contribution in [3.05, 3.63) is 85.1 Å². The van der Waals surface area contributed by atoms with Crippen molar-refractivity contribution in [1.82, 2.24) is 0 Å². The fourth-order valence-electron chi connectivity index (χ4n) is 5.75. The molecular formula is C50H82O6. The van der Waals surface area contributed by atoms with E-state index < -0.39 is 6.10 Å². The minimum Gasteiger partial charge on any atom is -0.462 e. The normalized spacial score (nSPS) is 12.8. The van der Waals surface area contributed by atoms with E-state index in [4.69, 9.17) is 14.2 Å². The lowest BCUT2D eigenvalue weighted by atomic mass is 10.1. The summed E-state index contributed by atoms with van der Waals surface area (Å²) < 4.78 is 16.6. The first-order valence-corrected chi connectivity index (χ1v) is 22.6. The molecule has 0 rings (SSSR count). The van der Waals surface area contributed by atoms with E-state index >= 15 is 0 Å². The quantitative estimate of drug-likeness (QED) is 0.0268. The van der Waals surface area contributed by atoms with Gasteiger partial charge in [-0.15, -0.1) is 0 Å². The van der Waals surface area contributed by atoms with Crippen molar-refractivity contribution in [1.29, 1.82) is 0 Å². The van der Waals surface area contributed by atoms with Gasteiger partial charge in [0.05, 0.1) is 0 Å². The molecular weight excluding hydrogens is 697 g/mol. The summed E-state index contributed by atoms with van der Waals surface area (Å²) in [6.07, 6.45) is 55.7. The molecule has 0 saturated carbocycles. The summed E-state index contributed by atoms with van der Waals surface area (Å²) in [6, 6.07) is 0. The van der Waals surface area contributed by atoms with Gasteiger partial charge in [-0.05, 0) is 96.3 Å². The first-order valence-electron chi connectivity index (χ1n) is 22.6. The van der Waals surface area contributed by atoms with Gasteiger partial charge in [-0.25, -0.2) is 0 Å². The summed E-state index contributed by atoms with van der Waals surface area (Å²) in [6.45, 7) is 6.28. The molecule has 0 aromatic rings. The second-order valence-corrected chi connectivity index (χ2v) is 14.5. The molecule has 1 atom stereocenters. The number of unbranched alkanes of at least 4 members (excludes halogenated alkanes) is 14. The van der Waals surface area contributed by atoms with Crippen molar-refractivity contribution >= 4 is 17.9 Å². The van der Waals surface area contributed by atoms with Crippen LogP contribution < -0.4 is 0 Å². The first kappa shape index (κ1) is 52.6. The number of hydrogen-bond donors (Lipinski definition) is 0. The van der Waals surface area contributed by atoms with Crippen LogP contribution in [0.4, 0.5) is 0 Å². The Bertz CT molecular complexity index is 1120. The monoisotopic (exact) mass is 779 g/mol. The Morgan fingerprint density at radius 2 is 0.714 bits per heavy atom. The minimum atomic E-state index is -0.809. The fourth-order valence-corrected chi connectivity index (χ4v) is 5.75. The molecule has 0 aliphatic rings. The van der Waals surface area contributed by atoms with E-state index in [1.54, 1.807) is 0 Å². The number of esters is 3. The molecule has 0 radical (unpaired) electrons. The van der Waals surface area contributed by atoms with Gasteiger partial charge in [0.15, 0.2) is 6.10 Å². The Morgan fingerprint density at radius 1 is 0.375 bits per heavy atom. The predicted molar refractivity (Wildman–Crippen MR) is 237 cm³/mol. The van der Waals surface area contributed by atoms with Crippen molar-refractivity contribution < 1.29 is 28.6 Å². The lowest BCUT2D eigenvalue weighted by Crippen LogP contribution is -2.30. The Hall–Kier alpha value is -3.41. The second kappa shape index (κ2) is 44.3. The molecule has 0 spiro atoms. The maximum atomic E-state index is 12.7. The van der Waals surface area contributed by atoms with Gasteiger partial charge >= 0.3 is 17.9 Å². The van der Waals surface area contributed by atoms with Crippen molar-refractivity contribution in [2.24, 2.45) is 0 Å². The van der Waals surface area contributed by atoms with Crippen LogP contribution in [-0.2, 0) is 28.6 Å². The van der Waals surface area contributed by atoms with Crippen LogP contribution >= 0.6 is 0 Å². The smallest absolute Gasteiger partial charge is 0.306 e. The highest BCUT2D eigenvalue weighted by Gasteiger charge is 2.19. The van der Waals surface area contributed by atoms with Crippen LogP contribution in [0.3, 0.4) is 0 Å². The SMILES string of the molecule is CC/C=C\C/C=C\C/C=C\CCCCCCCCC(=O)OCC(COC(=O)CCCCCCC/C=C\CCCC)OC(=O)CCC/C=C\C/C=C\C/C=C\CC. The molecule has 0 heterocycles. The zero-order valence-electron chi connectivity index (χ0n) is 36.1. The summed E-state index contributed by atoms with van der Waals surface area (Å²) in [7, 11) is 0. The molecule has 0 aromatic heterocycles. The third-order valence-electron chi connectivity index (χ3n) is 9.11. The fraction of sp³-hybridized carbons (Fsp3) is 0.660. The molecule has 6 nitrogen and oxygen atoms in total. The maximum absolute atomic E-state index is 12.7. The van der Waals surface area contributed by atoms with Crippen molar-refractivity contribution in [2.75, 3.05) is 13.2 Å². The van der Waals surface area contributed by atoms with Crippen LogP contribution in [0.5, 0.6) is 0 Å². The van der Waals surface area contributed by atoms with Gasteiger partial charge in [0.25, 0.3) is 0 Å². The summed E-state index contributed by atoms with van der Waals surface area (Å²) in [5.41, 5.74) is 0. The van der Waals surface area contributed by atoms with Gasteiger partial charge in [-0.1, -0.05) is 164 Å². The molecule has 0 aliphatic carbocycles. The van der Waals surface area contributed by atoms with Crippen LogP contribution in [0, 0.1) is 0 Å². The molecule has 0 saturated heterocycles. The van der Waals surface area contributed by atoms with Crippen LogP contribution in [-0.4, -0.2) is 37.2 Å². The third-order valence-corrected chi connectivity index (χ3v) is 9.11. The average Bonchev–Trinajstić information content (AvgIpc) is 3.19. The molecule has 56 heavy (non-hydrogen) atoms. The van der Waals surface area contributed by atoms with Crippen molar-refractivity contribution in [3.63, 3.8) is 0 Å². The number of hydrogen-bond acceptors (Lipinski definition) is 6. The summed E-state index contributed by atoms with van der Waals surface area (Å²) in [5, 5.41) is 0. The number of rotatable bonds is 39. The maximum Gasteiger partial charge on any atom is 0.306 e. The minimum absolute atomic E-state index is 0.107. The van der Waals surface area contributed by atoms with E-state index in [0.717, 1.165) is 109 Å². The molecule has 318 valence electrons. The van der Waals surface area contributed by atoms with Gasteiger partial charge < -0.3 is 14.2 Å². The van der Waals surface area contributed by atoms with Crippen LogP contribution in [0.25, 0.3) is 0 Å². The molecule has 0 bridgehead atoms. The predicted octanol–water partition coefficient (Wildman–Crippen LogP) is 14.5. The lowest BCUT2D eigenvalue weighted by Gasteiger charge is -2.18.